The van der Waals surface area contributed by atoms with E-state index < -0.39 is 24.4 Å². The number of fused-ring (bicyclic) bond motifs is 2. The molecule has 0 fully saturated rings. The minimum Gasteiger partial charge on any atom is -0.456 e. The Morgan fingerprint density at radius 1 is 1.06 bits per heavy atom. The molecule has 0 spiro atoms. The van der Waals surface area contributed by atoms with Crippen molar-refractivity contribution in [2.45, 2.75) is 13.8 Å². The van der Waals surface area contributed by atoms with Crippen LogP contribution in [0.2, 0.25) is 0 Å². The molecule has 5 nitrogen and oxygen atoms in total. The lowest BCUT2D eigenvalue weighted by molar-refractivity contribution is -0.147. The number of hydrogen-bond acceptors (Lipinski definition) is 5. The quantitative estimate of drug-likeness (QED) is 0.271. The summed E-state index contributed by atoms with van der Waals surface area (Å²) in [6, 6.07) is 10.4. The monoisotopic (exact) mass is 436 g/mol. The Hall–Kier alpha value is -4.00. The van der Waals surface area contributed by atoms with Crippen LogP contribution in [0.15, 0.2) is 42.5 Å². The van der Waals surface area contributed by atoms with Gasteiger partial charge in [0.2, 0.25) is 6.79 Å². The van der Waals surface area contributed by atoms with Gasteiger partial charge in [-0.3, -0.25) is 9.59 Å². The van der Waals surface area contributed by atoms with E-state index in [4.69, 9.17) is 14.2 Å². The Labute approximate surface area is 182 Å². The van der Waals surface area contributed by atoms with E-state index in [0.29, 0.717) is 33.2 Å². The van der Waals surface area contributed by atoms with Gasteiger partial charge in [0.05, 0.1) is 0 Å². The molecule has 0 amide bonds. The van der Waals surface area contributed by atoms with Crippen molar-refractivity contribution in [3.8, 4) is 17.2 Å². The highest BCUT2D eigenvalue weighted by atomic mass is 19.1. The highest BCUT2D eigenvalue weighted by molar-refractivity contribution is 5.88. The van der Waals surface area contributed by atoms with Crippen LogP contribution in [-0.4, -0.2) is 19.0 Å². The Morgan fingerprint density at radius 2 is 1.84 bits per heavy atom. The van der Waals surface area contributed by atoms with Crippen molar-refractivity contribution in [2.75, 3.05) is 6.79 Å². The van der Waals surface area contributed by atoms with Gasteiger partial charge in [-0.1, -0.05) is 18.7 Å². The lowest BCUT2D eigenvalue weighted by Crippen LogP contribution is -2.22. The second kappa shape index (κ2) is 8.26. The van der Waals surface area contributed by atoms with Crippen molar-refractivity contribution in [1.29, 1.82) is 0 Å². The first-order valence-corrected chi connectivity index (χ1v) is 9.65. The van der Waals surface area contributed by atoms with Crippen molar-refractivity contribution in [3.63, 3.8) is 0 Å². The number of aryl methyl sites for hydroxylation is 1. The highest BCUT2D eigenvalue weighted by Gasteiger charge is 2.25. The fourth-order valence-electron chi connectivity index (χ4n) is 3.57. The van der Waals surface area contributed by atoms with Crippen LogP contribution in [-0.2, 0) is 9.53 Å². The summed E-state index contributed by atoms with van der Waals surface area (Å²) in [5, 5.41) is 0.574. The molecule has 1 aliphatic rings. The number of aldehydes is 1. The molecule has 0 saturated heterocycles. The van der Waals surface area contributed by atoms with Gasteiger partial charge in [0.1, 0.15) is 23.6 Å². The van der Waals surface area contributed by atoms with Crippen molar-refractivity contribution >= 4 is 24.4 Å². The molecular weight excluding hydrogens is 418 g/mol. The second-order valence-electron chi connectivity index (χ2n) is 7.29. The Bertz CT molecular complexity index is 1380. The summed E-state index contributed by atoms with van der Waals surface area (Å²) < 4.78 is 45.2. The van der Waals surface area contributed by atoms with Crippen LogP contribution in [0, 0.1) is 18.6 Å². The van der Waals surface area contributed by atoms with E-state index in [1.54, 1.807) is 18.2 Å². The molecule has 0 N–H and O–H groups in total. The number of halogens is 2. The molecule has 7 heteroatoms. The number of hydrogen-bond donors (Lipinski definition) is 0. The second-order valence-corrected chi connectivity index (χ2v) is 7.29. The predicted molar refractivity (Wildman–Crippen MR) is 113 cm³/mol. The third-order valence-corrected chi connectivity index (χ3v) is 5.07. The zero-order valence-corrected chi connectivity index (χ0v) is 17.3. The number of carbonyl (C=O) groups excluding carboxylic acids is 2. The lowest BCUT2D eigenvalue weighted by Gasteiger charge is -2.23. The molecule has 3 aromatic carbocycles. The molecule has 0 saturated carbocycles. The first-order chi connectivity index (χ1) is 15.3. The van der Waals surface area contributed by atoms with Gasteiger partial charge in [0, 0.05) is 40.1 Å². The van der Waals surface area contributed by atoms with Gasteiger partial charge in [-0.05, 0) is 42.3 Å². The minimum atomic E-state index is -0.711. The summed E-state index contributed by atoms with van der Waals surface area (Å²) in [6.07, 6.45) is 0.731. The first-order valence-electron chi connectivity index (χ1n) is 9.65. The maximum Gasteiger partial charge on any atom is 0.305 e. The SMILES string of the molecule is C=c1cc2c(cc1F)=C(c1ccc(C=O)cc1C)c1cc(F)c(OCOC(C)=O)cc1O2. The standard InChI is InChI=1S/C25H18F2O5/c1-13-6-16(11-28)4-5-17(13)25-18-8-20(26)14(2)7-22(18)32-23-10-24(21(27)9-19(23)25)31-12-30-15(3)29/h4-11H,2,12H2,1,3H3. The van der Waals surface area contributed by atoms with Crippen LogP contribution < -0.4 is 19.9 Å². The molecule has 162 valence electrons. The van der Waals surface area contributed by atoms with Gasteiger partial charge in [-0.15, -0.1) is 0 Å². The smallest absolute Gasteiger partial charge is 0.305 e. The molecule has 0 bridgehead atoms. The molecule has 32 heavy (non-hydrogen) atoms. The summed E-state index contributed by atoms with van der Waals surface area (Å²) >= 11 is 0. The van der Waals surface area contributed by atoms with Crippen LogP contribution >= 0.6 is 0 Å². The van der Waals surface area contributed by atoms with E-state index in [2.05, 4.69) is 6.58 Å². The zero-order valence-electron chi connectivity index (χ0n) is 17.3. The van der Waals surface area contributed by atoms with Gasteiger partial charge in [-0.25, -0.2) is 8.78 Å². The summed E-state index contributed by atoms with van der Waals surface area (Å²) in [5.41, 5.74) is 2.84. The molecule has 0 aromatic heterocycles. The molecule has 0 radical (unpaired) electrons. The van der Waals surface area contributed by atoms with E-state index in [0.717, 1.165) is 11.8 Å². The van der Waals surface area contributed by atoms with E-state index >= 15 is 0 Å². The van der Waals surface area contributed by atoms with E-state index in [-0.39, 0.29) is 16.7 Å². The number of carbonyl (C=O) groups is 2. The predicted octanol–water partition coefficient (Wildman–Crippen LogP) is 3.75. The lowest BCUT2D eigenvalue weighted by atomic mass is 9.89. The third-order valence-electron chi connectivity index (χ3n) is 5.07. The minimum absolute atomic E-state index is 0.146. The molecule has 0 unspecified atom stereocenters. The Balaban J connectivity index is 1.95. The summed E-state index contributed by atoms with van der Waals surface area (Å²) in [5.74, 6) is -1.36. The summed E-state index contributed by atoms with van der Waals surface area (Å²) in [7, 11) is 0. The van der Waals surface area contributed by atoms with Crippen LogP contribution in [0.5, 0.6) is 17.2 Å². The third kappa shape index (κ3) is 3.85. The van der Waals surface area contributed by atoms with Crippen molar-refractivity contribution in [1.82, 2.24) is 0 Å². The van der Waals surface area contributed by atoms with Crippen LogP contribution in [0.25, 0.3) is 12.2 Å². The van der Waals surface area contributed by atoms with Crippen LogP contribution in [0.4, 0.5) is 8.78 Å². The largest absolute Gasteiger partial charge is 0.456 e. The van der Waals surface area contributed by atoms with Crippen LogP contribution in [0.1, 0.15) is 34.0 Å². The molecule has 1 aliphatic heterocycles. The summed E-state index contributed by atoms with van der Waals surface area (Å²) in [4.78, 5) is 22.1. The van der Waals surface area contributed by atoms with E-state index in [1.807, 2.05) is 6.92 Å². The Morgan fingerprint density at radius 3 is 2.53 bits per heavy atom. The fraction of sp³-hybridized carbons (Fsp3) is 0.120. The average molecular weight is 436 g/mol. The van der Waals surface area contributed by atoms with Gasteiger partial charge >= 0.3 is 5.97 Å². The molecule has 0 atom stereocenters. The number of ether oxygens (including phenoxy) is 3. The number of benzene rings is 3. The number of esters is 1. The van der Waals surface area contributed by atoms with E-state index in [1.165, 1.54) is 31.2 Å². The van der Waals surface area contributed by atoms with Crippen molar-refractivity contribution in [3.05, 3.63) is 86.8 Å². The zero-order chi connectivity index (χ0) is 23.0. The first kappa shape index (κ1) is 21.2. The van der Waals surface area contributed by atoms with Gasteiger partial charge < -0.3 is 14.2 Å². The van der Waals surface area contributed by atoms with Gasteiger partial charge in [0.25, 0.3) is 0 Å². The highest BCUT2D eigenvalue weighted by Crippen LogP contribution is 2.40. The molecule has 0 aliphatic carbocycles. The molecule has 4 rings (SSSR count). The van der Waals surface area contributed by atoms with Gasteiger partial charge in [-0.2, -0.15) is 0 Å². The van der Waals surface area contributed by atoms with Gasteiger partial charge in [0.15, 0.2) is 11.6 Å². The maximum atomic E-state index is 14.9. The topological polar surface area (TPSA) is 61.8 Å². The van der Waals surface area contributed by atoms with Crippen molar-refractivity contribution in [2.24, 2.45) is 0 Å². The molecule has 3 aromatic rings. The normalized spacial score (nSPS) is 11.8. The Kier molecular flexibility index (Phi) is 5.48. The number of rotatable bonds is 5. The molecular formula is C25H18F2O5. The fourth-order valence-corrected chi connectivity index (χ4v) is 3.57. The van der Waals surface area contributed by atoms with E-state index in [9.17, 15) is 18.4 Å². The van der Waals surface area contributed by atoms with Crippen molar-refractivity contribution < 1.29 is 32.6 Å². The van der Waals surface area contributed by atoms with Crippen LogP contribution in [0.3, 0.4) is 0 Å². The summed E-state index contributed by atoms with van der Waals surface area (Å²) in [6.45, 7) is 6.23. The molecule has 1 heterocycles. The average Bonchev–Trinajstić information content (AvgIpc) is 2.74. The maximum absolute atomic E-state index is 14.9.